The van der Waals surface area contributed by atoms with Crippen LogP contribution in [0.2, 0.25) is 0 Å². The Morgan fingerprint density at radius 3 is 1.61 bits per heavy atom. The molecule has 5 heteroatoms. The summed E-state index contributed by atoms with van der Waals surface area (Å²) >= 11 is 0. The first-order valence-electron chi connectivity index (χ1n) is 10.3. The molecule has 0 aliphatic heterocycles. The molecule has 0 bridgehead atoms. The Morgan fingerprint density at radius 2 is 1.13 bits per heavy atom. The summed E-state index contributed by atoms with van der Waals surface area (Å²) in [4.78, 5) is 0. The van der Waals surface area contributed by atoms with Crippen LogP contribution in [0.3, 0.4) is 0 Å². The molecule has 3 atom stereocenters. The molecule has 0 aliphatic carbocycles. The van der Waals surface area contributed by atoms with E-state index < -0.39 is 18.3 Å². The first-order valence-corrected chi connectivity index (χ1v) is 10.3. The standard InChI is InChI=1S/C26H27NO4/c27-16-25(30-18-22-12-6-2-7-13-22)26(31-19-23-14-8-3-9-15-23)24(28)20-29-17-21-10-4-1-5-11-21/h1-15,24-26,28H,17-20H2/t24-,25+,26+/m1/s1. The van der Waals surface area contributed by atoms with Crippen molar-refractivity contribution in [1.82, 2.24) is 0 Å². The van der Waals surface area contributed by atoms with Crippen LogP contribution in [0.5, 0.6) is 0 Å². The molecule has 3 aromatic carbocycles. The summed E-state index contributed by atoms with van der Waals surface area (Å²) in [6.45, 7) is 0.905. The van der Waals surface area contributed by atoms with Crippen molar-refractivity contribution in [2.45, 2.75) is 38.1 Å². The molecule has 3 aromatic rings. The van der Waals surface area contributed by atoms with Gasteiger partial charge in [0.1, 0.15) is 12.2 Å². The molecule has 31 heavy (non-hydrogen) atoms. The number of benzene rings is 3. The molecule has 0 radical (unpaired) electrons. The zero-order chi connectivity index (χ0) is 21.7. The molecular formula is C26H27NO4. The zero-order valence-electron chi connectivity index (χ0n) is 17.3. The molecule has 0 aromatic heterocycles. The predicted octanol–water partition coefficient (Wildman–Crippen LogP) is 4.26. The van der Waals surface area contributed by atoms with E-state index >= 15 is 0 Å². The first-order chi connectivity index (χ1) is 15.3. The number of nitriles is 1. The topological polar surface area (TPSA) is 71.7 Å². The average molecular weight is 418 g/mol. The smallest absolute Gasteiger partial charge is 0.173 e. The van der Waals surface area contributed by atoms with Gasteiger partial charge in [-0.05, 0) is 16.7 Å². The number of aliphatic hydroxyl groups excluding tert-OH is 1. The van der Waals surface area contributed by atoms with Crippen molar-refractivity contribution in [2.24, 2.45) is 0 Å². The van der Waals surface area contributed by atoms with Crippen molar-refractivity contribution in [2.75, 3.05) is 6.61 Å². The van der Waals surface area contributed by atoms with Crippen molar-refractivity contribution in [3.05, 3.63) is 108 Å². The Labute approximate surface area is 183 Å². The van der Waals surface area contributed by atoms with Gasteiger partial charge in [-0.15, -0.1) is 0 Å². The quantitative estimate of drug-likeness (QED) is 0.477. The van der Waals surface area contributed by atoms with E-state index in [0.29, 0.717) is 6.61 Å². The molecule has 0 amide bonds. The van der Waals surface area contributed by atoms with Crippen LogP contribution < -0.4 is 0 Å². The summed E-state index contributed by atoms with van der Waals surface area (Å²) in [6, 6.07) is 31.1. The van der Waals surface area contributed by atoms with E-state index in [4.69, 9.17) is 14.2 Å². The van der Waals surface area contributed by atoms with Crippen molar-refractivity contribution in [3.8, 4) is 6.07 Å². The van der Waals surface area contributed by atoms with E-state index in [2.05, 4.69) is 6.07 Å². The predicted molar refractivity (Wildman–Crippen MR) is 118 cm³/mol. The van der Waals surface area contributed by atoms with Crippen LogP contribution in [-0.2, 0) is 34.0 Å². The molecule has 0 saturated heterocycles. The lowest BCUT2D eigenvalue weighted by atomic mass is 10.1. The summed E-state index contributed by atoms with van der Waals surface area (Å²) in [5.41, 5.74) is 2.90. The molecule has 0 spiro atoms. The van der Waals surface area contributed by atoms with E-state index in [9.17, 15) is 10.4 Å². The van der Waals surface area contributed by atoms with Crippen LogP contribution in [-0.4, -0.2) is 30.0 Å². The van der Waals surface area contributed by atoms with Crippen LogP contribution in [0.1, 0.15) is 16.7 Å². The van der Waals surface area contributed by atoms with E-state index in [1.807, 2.05) is 91.0 Å². The number of hydrogen-bond donors (Lipinski definition) is 1. The summed E-state index contributed by atoms with van der Waals surface area (Å²) in [7, 11) is 0. The van der Waals surface area contributed by atoms with Gasteiger partial charge in [0.2, 0.25) is 0 Å². The van der Waals surface area contributed by atoms with Crippen LogP contribution in [0, 0.1) is 11.3 Å². The molecule has 0 fully saturated rings. The van der Waals surface area contributed by atoms with E-state index in [1.165, 1.54) is 0 Å². The van der Waals surface area contributed by atoms with E-state index in [-0.39, 0.29) is 19.8 Å². The largest absolute Gasteiger partial charge is 0.388 e. The molecule has 5 nitrogen and oxygen atoms in total. The fourth-order valence-electron chi connectivity index (χ4n) is 3.10. The van der Waals surface area contributed by atoms with Crippen molar-refractivity contribution in [3.63, 3.8) is 0 Å². The molecule has 0 aliphatic rings. The maximum Gasteiger partial charge on any atom is 0.173 e. The van der Waals surface area contributed by atoms with Gasteiger partial charge in [-0.3, -0.25) is 0 Å². The molecule has 1 N–H and O–H groups in total. The Kier molecular flexibility index (Phi) is 9.24. The van der Waals surface area contributed by atoms with Gasteiger partial charge < -0.3 is 19.3 Å². The first kappa shape index (κ1) is 22.7. The molecule has 0 saturated carbocycles. The lowest BCUT2D eigenvalue weighted by molar-refractivity contribution is -0.131. The Morgan fingerprint density at radius 1 is 0.677 bits per heavy atom. The SMILES string of the molecule is N#C[C@H](OCc1ccccc1)[C@@H](OCc1ccccc1)[C@H](O)COCc1ccccc1. The number of aliphatic hydroxyl groups is 1. The molecule has 160 valence electrons. The van der Waals surface area contributed by atoms with Gasteiger partial charge in [0, 0.05) is 0 Å². The summed E-state index contributed by atoms with van der Waals surface area (Å²) in [5, 5.41) is 20.5. The summed E-state index contributed by atoms with van der Waals surface area (Å²) in [5.74, 6) is 0. The second-order valence-corrected chi connectivity index (χ2v) is 7.18. The third-order valence-electron chi connectivity index (χ3n) is 4.76. The van der Waals surface area contributed by atoms with E-state index in [0.717, 1.165) is 16.7 Å². The van der Waals surface area contributed by atoms with Gasteiger partial charge in [0.25, 0.3) is 0 Å². The van der Waals surface area contributed by atoms with Crippen molar-refractivity contribution in [1.29, 1.82) is 5.26 Å². The maximum atomic E-state index is 10.8. The fraction of sp³-hybridized carbons (Fsp3) is 0.269. The number of rotatable bonds is 12. The highest BCUT2D eigenvalue weighted by Gasteiger charge is 2.31. The minimum Gasteiger partial charge on any atom is -0.388 e. The van der Waals surface area contributed by atoms with Gasteiger partial charge in [-0.2, -0.15) is 5.26 Å². The van der Waals surface area contributed by atoms with Crippen LogP contribution in [0.4, 0.5) is 0 Å². The molecule has 3 rings (SSSR count). The average Bonchev–Trinajstić information content (AvgIpc) is 2.83. The van der Waals surface area contributed by atoms with Gasteiger partial charge in [0.15, 0.2) is 6.10 Å². The third kappa shape index (κ3) is 7.63. The molecule has 0 unspecified atom stereocenters. The Balaban J connectivity index is 1.62. The molecule has 0 heterocycles. The highest BCUT2D eigenvalue weighted by Crippen LogP contribution is 2.16. The second-order valence-electron chi connectivity index (χ2n) is 7.18. The monoisotopic (exact) mass is 417 g/mol. The minimum absolute atomic E-state index is 0.0290. The van der Waals surface area contributed by atoms with Gasteiger partial charge in [0.05, 0.1) is 32.5 Å². The number of ether oxygens (including phenoxy) is 3. The third-order valence-corrected chi connectivity index (χ3v) is 4.76. The molecular weight excluding hydrogens is 390 g/mol. The number of nitrogens with zero attached hydrogens (tertiary/aromatic N) is 1. The van der Waals surface area contributed by atoms with Gasteiger partial charge in [-0.25, -0.2) is 0 Å². The number of hydrogen-bond acceptors (Lipinski definition) is 5. The highest BCUT2D eigenvalue weighted by atomic mass is 16.6. The van der Waals surface area contributed by atoms with Crippen LogP contribution in [0.25, 0.3) is 0 Å². The highest BCUT2D eigenvalue weighted by molar-refractivity contribution is 5.15. The van der Waals surface area contributed by atoms with Crippen molar-refractivity contribution < 1.29 is 19.3 Å². The Hall–Kier alpha value is -3.01. The Bertz CT molecular complexity index is 912. The fourth-order valence-corrected chi connectivity index (χ4v) is 3.10. The van der Waals surface area contributed by atoms with Crippen LogP contribution in [0.15, 0.2) is 91.0 Å². The normalized spacial score (nSPS) is 13.8. The summed E-state index contributed by atoms with van der Waals surface area (Å²) in [6.07, 6.45) is -2.82. The summed E-state index contributed by atoms with van der Waals surface area (Å²) < 4.78 is 17.4. The van der Waals surface area contributed by atoms with Gasteiger partial charge >= 0.3 is 0 Å². The lowest BCUT2D eigenvalue weighted by Crippen LogP contribution is -2.43. The zero-order valence-corrected chi connectivity index (χ0v) is 17.3. The van der Waals surface area contributed by atoms with Crippen LogP contribution >= 0.6 is 0 Å². The van der Waals surface area contributed by atoms with Crippen molar-refractivity contribution >= 4 is 0 Å². The minimum atomic E-state index is -1.02. The van der Waals surface area contributed by atoms with Gasteiger partial charge in [-0.1, -0.05) is 91.0 Å². The maximum absolute atomic E-state index is 10.8. The van der Waals surface area contributed by atoms with E-state index in [1.54, 1.807) is 0 Å². The second kappa shape index (κ2) is 12.6. The lowest BCUT2D eigenvalue weighted by Gasteiger charge is -2.27.